The summed E-state index contributed by atoms with van der Waals surface area (Å²) in [6.07, 6.45) is 0.153. The molecule has 1 N–H and O–H groups in total. The second-order valence-corrected chi connectivity index (χ2v) is 7.68. The van der Waals surface area contributed by atoms with Crippen molar-refractivity contribution in [1.82, 2.24) is 9.88 Å². The summed E-state index contributed by atoms with van der Waals surface area (Å²) in [5.74, 6) is -2.68. The minimum atomic E-state index is -0.955. The smallest absolute Gasteiger partial charge is 0.231 e. The monoisotopic (exact) mass is 413 g/mol. The van der Waals surface area contributed by atoms with Crippen LogP contribution in [0.25, 0.3) is 11.3 Å². The number of likely N-dealkylation sites (tertiary alicyclic amines) is 1. The number of carbonyl (C=O) groups excluding carboxylic acids is 2. The van der Waals surface area contributed by atoms with Crippen LogP contribution in [0, 0.1) is 17.6 Å². The minimum Gasteiger partial charge on any atom is -0.338 e. The molecule has 4 rings (SSSR count). The lowest BCUT2D eigenvalue weighted by atomic mass is 10.1. The van der Waals surface area contributed by atoms with Gasteiger partial charge in [-0.05, 0) is 23.8 Å². The van der Waals surface area contributed by atoms with Crippen LogP contribution in [-0.4, -0.2) is 28.2 Å². The fraction of sp³-hybridized carbons (Fsp3) is 0.190. The molecule has 148 valence electrons. The third-order valence-corrected chi connectivity index (χ3v) is 5.51. The van der Waals surface area contributed by atoms with E-state index in [4.69, 9.17) is 0 Å². The van der Waals surface area contributed by atoms with Gasteiger partial charge < -0.3 is 10.2 Å². The van der Waals surface area contributed by atoms with Gasteiger partial charge in [-0.15, -0.1) is 11.3 Å². The van der Waals surface area contributed by atoms with E-state index in [-0.39, 0.29) is 18.2 Å². The maximum absolute atomic E-state index is 13.4. The molecule has 8 heteroatoms. The molecule has 0 radical (unpaired) electrons. The van der Waals surface area contributed by atoms with Crippen LogP contribution in [0.2, 0.25) is 0 Å². The van der Waals surface area contributed by atoms with E-state index in [0.717, 1.165) is 17.7 Å². The predicted molar refractivity (Wildman–Crippen MR) is 106 cm³/mol. The first-order valence-electron chi connectivity index (χ1n) is 9.03. The first kappa shape index (κ1) is 19.2. The van der Waals surface area contributed by atoms with Gasteiger partial charge in [-0.25, -0.2) is 13.8 Å². The molecule has 1 aliphatic heterocycles. The highest BCUT2D eigenvalue weighted by Crippen LogP contribution is 2.27. The molecule has 1 aliphatic rings. The van der Waals surface area contributed by atoms with Crippen molar-refractivity contribution in [3.63, 3.8) is 0 Å². The highest BCUT2D eigenvalue weighted by atomic mass is 32.1. The topological polar surface area (TPSA) is 62.3 Å². The molecule has 0 saturated carbocycles. The Morgan fingerprint density at radius 1 is 1.17 bits per heavy atom. The van der Waals surface area contributed by atoms with Crippen LogP contribution in [0.3, 0.4) is 0 Å². The third kappa shape index (κ3) is 4.32. The van der Waals surface area contributed by atoms with Crippen molar-refractivity contribution in [1.29, 1.82) is 0 Å². The molecule has 1 fully saturated rings. The zero-order valence-corrected chi connectivity index (χ0v) is 16.1. The lowest BCUT2D eigenvalue weighted by molar-refractivity contribution is -0.128. The second-order valence-electron chi connectivity index (χ2n) is 6.82. The van der Waals surface area contributed by atoms with E-state index in [2.05, 4.69) is 10.3 Å². The molecule has 0 aliphatic carbocycles. The van der Waals surface area contributed by atoms with Crippen LogP contribution in [0.5, 0.6) is 0 Å². The van der Waals surface area contributed by atoms with Crippen LogP contribution in [-0.2, 0) is 16.1 Å². The number of nitrogens with one attached hydrogen (secondary N) is 1. The average molecular weight is 413 g/mol. The summed E-state index contributed by atoms with van der Waals surface area (Å²) in [5, 5.41) is 4.73. The van der Waals surface area contributed by atoms with Gasteiger partial charge in [-0.2, -0.15) is 0 Å². The SMILES string of the molecule is O=C(Nc1nc(-c2ccc(F)c(F)c2)cs1)C1CC(=O)N(Cc2ccccc2)C1. The number of thiazole rings is 1. The number of anilines is 1. The van der Waals surface area contributed by atoms with Crippen molar-refractivity contribution in [2.45, 2.75) is 13.0 Å². The Bertz CT molecular complexity index is 1060. The molecule has 3 aromatic rings. The predicted octanol–water partition coefficient (Wildman–Crippen LogP) is 4.08. The fourth-order valence-electron chi connectivity index (χ4n) is 3.23. The molecule has 5 nitrogen and oxygen atoms in total. The van der Waals surface area contributed by atoms with Crippen molar-refractivity contribution < 1.29 is 18.4 Å². The standard InChI is InChI=1S/C21H17F2N3O2S/c22-16-7-6-14(8-17(16)23)18-12-29-21(24-18)25-20(28)15-9-19(27)26(11-15)10-13-4-2-1-3-5-13/h1-8,12,15H,9-11H2,(H,24,25,28). The second kappa shape index (κ2) is 8.08. The summed E-state index contributed by atoms with van der Waals surface area (Å²) in [4.78, 5) is 30.8. The number of aromatic nitrogens is 1. The molecule has 2 aromatic carbocycles. The number of nitrogens with zero attached hydrogens (tertiary/aromatic N) is 2. The van der Waals surface area contributed by atoms with Crippen molar-refractivity contribution in [3.8, 4) is 11.3 Å². The summed E-state index contributed by atoms with van der Waals surface area (Å²) in [6, 6.07) is 13.1. The Labute approximate surface area is 170 Å². The molecule has 0 bridgehead atoms. The Morgan fingerprint density at radius 3 is 2.72 bits per heavy atom. The van der Waals surface area contributed by atoms with Crippen LogP contribution < -0.4 is 5.32 Å². The van der Waals surface area contributed by atoms with Gasteiger partial charge in [0.2, 0.25) is 11.8 Å². The van der Waals surface area contributed by atoms with Gasteiger partial charge in [0.05, 0.1) is 11.6 Å². The molecular weight excluding hydrogens is 396 g/mol. The number of hydrogen-bond donors (Lipinski definition) is 1. The van der Waals surface area contributed by atoms with Crippen LogP contribution in [0.15, 0.2) is 53.9 Å². The van der Waals surface area contributed by atoms with Gasteiger partial charge in [0.1, 0.15) is 0 Å². The van der Waals surface area contributed by atoms with Crippen LogP contribution in [0.1, 0.15) is 12.0 Å². The summed E-state index contributed by atoms with van der Waals surface area (Å²) < 4.78 is 26.5. The Morgan fingerprint density at radius 2 is 1.97 bits per heavy atom. The van der Waals surface area contributed by atoms with Gasteiger partial charge in [0.15, 0.2) is 16.8 Å². The Kier molecular flexibility index (Phi) is 5.35. The Balaban J connectivity index is 1.39. The maximum Gasteiger partial charge on any atom is 0.231 e. The van der Waals surface area contributed by atoms with E-state index in [9.17, 15) is 18.4 Å². The summed E-state index contributed by atoms with van der Waals surface area (Å²) in [5.41, 5.74) is 1.88. The van der Waals surface area contributed by atoms with Gasteiger partial charge >= 0.3 is 0 Å². The number of hydrogen-bond acceptors (Lipinski definition) is 4. The first-order valence-corrected chi connectivity index (χ1v) is 9.91. The van der Waals surface area contributed by atoms with Crippen LogP contribution in [0.4, 0.5) is 13.9 Å². The van der Waals surface area contributed by atoms with E-state index in [1.54, 1.807) is 10.3 Å². The number of benzene rings is 2. The van der Waals surface area contributed by atoms with Crippen molar-refractivity contribution in [3.05, 3.63) is 71.1 Å². The van der Waals surface area contributed by atoms with Crippen LogP contribution >= 0.6 is 11.3 Å². The maximum atomic E-state index is 13.4. The molecule has 1 atom stereocenters. The molecule has 1 unspecified atom stereocenters. The summed E-state index contributed by atoms with van der Waals surface area (Å²) >= 11 is 1.19. The highest BCUT2D eigenvalue weighted by molar-refractivity contribution is 7.14. The number of rotatable bonds is 5. The zero-order valence-electron chi connectivity index (χ0n) is 15.3. The average Bonchev–Trinajstić information content (AvgIpc) is 3.32. The van der Waals surface area contributed by atoms with Gasteiger partial charge in [-0.1, -0.05) is 30.3 Å². The highest BCUT2D eigenvalue weighted by Gasteiger charge is 2.34. The van der Waals surface area contributed by atoms with E-state index in [1.165, 1.54) is 17.4 Å². The molecule has 29 heavy (non-hydrogen) atoms. The van der Waals surface area contributed by atoms with Gasteiger partial charge in [-0.3, -0.25) is 9.59 Å². The van der Waals surface area contributed by atoms with Crippen molar-refractivity contribution in [2.24, 2.45) is 5.92 Å². The van der Waals surface area contributed by atoms with Crippen molar-refractivity contribution in [2.75, 3.05) is 11.9 Å². The minimum absolute atomic E-state index is 0.0596. The van der Waals surface area contributed by atoms with E-state index in [1.807, 2.05) is 30.3 Å². The largest absolute Gasteiger partial charge is 0.338 e. The number of carbonyl (C=O) groups is 2. The quantitative estimate of drug-likeness (QED) is 0.686. The summed E-state index contributed by atoms with van der Waals surface area (Å²) in [6.45, 7) is 0.821. The molecular formula is C21H17F2N3O2S. The first-order chi connectivity index (χ1) is 14.0. The molecule has 2 heterocycles. The van der Waals surface area contributed by atoms with E-state index < -0.39 is 17.6 Å². The zero-order chi connectivity index (χ0) is 20.4. The molecule has 2 amide bonds. The fourth-order valence-corrected chi connectivity index (χ4v) is 3.95. The molecule has 1 aromatic heterocycles. The molecule has 1 saturated heterocycles. The number of amides is 2. The van der Waals surface area contributed by atoms with Gasteiger partial charge in [0.25, 0.3) is 0 Å². The lowest BCUT2D eigenvalue weighted by Crippen LogP contribution is -2.28. The van der Waals surface area contributed by atoms with E-state index >= 15 is 0 Å². The number of halogens is 2. The van der Waals surface area contributed by atoms with Crippen molar-refractivity contribution >= 4 is 28.3 Å². The lowest BCUT2D eigenvalue weighted by Gasteiger charge is -2.16. The molecule has 0 spiro atoms. The normalized spacial score (nSPS) is 16.3. The van der Waals surface area contributed by atoms with Gasteiger partial charge in [0, 0.05) is 30.5 Å². The van der Waals surface area contributed by atoms with E-state index in [0.29, 0.717) is 29.5 Å². The summed E-state index contributed by atoms with van der Waals surface area (Å²) in [7, 11) is 0. The Hall–Kier alpha value is -3.13. The third-order valence-electron chi connectivity index (χ3n) is 4.75.